The third-order valence-electron chi connectivity index (χ3n) is 4.40. The highest BCUT2D eigenvalue weighted by Gasteiger charge is 2.33. The summed E-state index contributed by atoms with van der Waals surface area (Å²) in [6.07, 6.45) is 2.01. The number of rotatable bonds is 2. The van der Waals surface area contributed by atoms with Gasteiger partial charge >= 0.3 is 0 Å². The number of imidazole rings is 1. The van der Waals surface area contributed by atoms with Crippen LogP contribution in [0.3, 0.4) is 0 Å². The van der Waals surface area contributed by atoms with Gasteiger partial charge in [0.05, 0.1) is 22.6 Å². The molecule has 0 radical (unpaired) electrons. The molecule has 112 valence electrons. The van der Waals surface area contributed by atoms with Crippen molar-refractivity contribution in [3.05, 3.63) is 52.5 Å². The van der Waals surface area contributed by atoms with Crippen molar-refractivity contribution in [3.8, 4) is 0 Å². The van der Waals surface area contributed by atoms with Gasteiger partial charge in [-0.1, -0.05) is 12.1 Å². The number of hydrogen-bond donors (Lipinski definition) is 0. The van der Waals surface area contributed by atoms with Gasteiger partial charge in [-0.25, -0.2) is 4.98 Å². The first kappa shape index (κ1) is 13.5. The van der Waals surface area contributed by atoms with E-state index in [2.05, 4.69) is 10.6 Å². The molecule has 1 atom stereocenters. The fourth-order valence-electron chi connectivity index (χ4n) is 3.29. The van der Waals surface area contributed by atoms with Gasteiger partial charge in [-0.3, -0.25) is 4.79 Å². The second-order valence-electron chi connectivity index (χ2n) is 5.69. The summed E-state index contributed by atoms with van der Waals surface area (Å²) in [4.78, 5) is 19.5. The Bertz CT molecular complexity index is 822. The maximum Gasteiger partial charge on any atom is 0.255 e. The average Bonchev–Trinajstić information content (AvgIpc) is 3.27. The molecule has 1 saturated heterocycles. The second-order valence-corrected chi connectivity index (χ2v) is 6.47. The molecule has 4 nitrogen and oxygen atoms in total. The van der Waals surface area contributed by atoms with E-state index in [-0.39, 0.29) is 11.9 Å². The Balaban J connectivity index is 1.73. The zero-order valence-corrected chi connectivity index (χ0v) is 13.2. The molecule has 0 spiro atoms. The molecule has 0 saturated carbocycles. The van der Waals surface area contributed by atoms with Crippen LogP contribution < -0.4 is 0 Å². The normalized spacial score (nSPS) is 18.2. The fourth-order valence-corrected chi connectivity index (χ4v) is 3.92. The summed E-state index contributed by atoms with van der Waals surface area (Å²) in [7, 11) is 2.04. The highest BCUT2D eigenvalue weighted by Crippen LogP contribution is 2.34. The smallest absolute Gasteiger partial charge is 0.255 e. The number of carbonyl (C=O) groups excluding carboxylic acids is 1. The van der Waals surface area contributed by atoms with Gasteiger partial charge in [0.25, 0.3) is 5.91 Å². The zero-order valence-electron chi connectivity index (χ0n) is 12.4. The molecule has 0 aliphatic carbocycles. The van der Waals surface area contributed by atoms with Gasteiger partial charge in [-0.2, -0.15) is 11.3 Å². The number of likely N-dealkylation sites (tertiary alicyclic amines) is 1. The molecule has 0 N–H and O–H groups in total. The molecule has 1 amide bonds. The summed E-state index contributed by atoms with van der Waals surface area (Å²) in [6, 6.07) is 10.1. The number of para-hydroxylation sites is 2. The fraction of sp³-hybridized carbons (Fsp3) is 0.294. The molecule has 3 heterocycles. The molecule has 1 aromatic carbocycles. The third-order valence-corrected chi connectivity index (χ3v) is 5.08. The number of fused-ring (bicyclic) bond motifs is 1. The van der Waals surface area contributed by atoms with Crippen LogP contribution in [0, 0.1) is 0 Å². The minimum atomic E-state index is 0.0739. The quantitative estimate of drug-likeness (QED) is 0.725. The highest BCUT2D eigenvalue weighted by atomic mass is 32.1. The van der Waals surface area contributed by atoms with Crippen molar-refractivity contribution in [2.75, 3.05) is 6.54 Å². The number of aromatic nitrogens is 2. The first-order valence-electron chi connectivity index (χ1n) is 7.50. The van der Waals surface area contributed by atoms with Crippen LogP contribution >= 0.6 is 11.3 Å². The Morgan fingerprint density at radius 1 is 1.32 bits per heavy atom. The molecule has 22 heavy (non-hydrogen) atoms. The number of carbonyl (C=O) groups is 1. The Kier molecular flexibility index (Phi) is 3.22. The predicted molar refractivity (Wildman–Crippen MR) is 88.0 cm³/mol. The maximum atomic E-state index is 12.7. The zero-order chi connectivity index (χ0) is 15.1. The summed E-state index contributed by atoms with van der Waals surface area (Å²) in [5.41, 5.74) is 2.90. The molecule has 2 aromatic heterocycles. The van der Waals surface area contributed by atoms with Gasteiger partial charge in [0, 0.05) is 19.0 Å². The number of thiophene rings is 1. The van der Waals surface area contributed by atoms with E-state index in [1.165, 1.54) is 0 Å². The third kappa shape index (κ3) is 2.04. The van der Waals surface area contributed by atoms with Crippen molar-refractivity contribution in [2.45, 2.75) is 18.9 Å². The highest BCUT2D eigenvalue weighted by molar-refractivity contribution is 7.08. The molecule has 1 aliphatic rings. The van der Waals surface area contributed by atoms with E-state index in [4.69, 9.17) is 4.98 Å². The number of hydrogen-bond acceptors (Lipinski definition) is 3. The van der Waals surface area contributed by atoms with E-state index in [0.29, 0.717) is 0 Å². The summed E-state index contributed by atoms with van der Waals surface area (Å²) in [6.45, 7) is 0.808. The van der Waals surface area contributed by atoms with Gasteiger partial charge in [0.15, 0.2) is 0 Å². The van der Waals surface area contributed by atoms with Crippen LogP contribution in [-0.2, 0) is 7.05 Å². The van der Waals surface area contributed by atoms with E-state index in [9.17, 15) is 4.79 Å². The minimum absolute atomic E-state index is 0.0739. The van der Waals surface area contributed by atoms with E-state index in [0.717, 1.165) is 41.8 Å². The molecule has 1 fully saturated rings. The summed E-state index contributed by atoms with van der Waals surface area (Å²) in [5, 5.41) is 3.88. The molecule has 0 bridgehead atoms. The van der Waals surface area contributed by atoms with Crippen LogP contribution in [0.5, 0.6) is 0 Å². The first-order valence-corrected chi connectivity index (χ1v) is 8.44. The van der Waals surface area contributed by atoms with Gasteiger partial charge in [-0.15, -0.1) is 0 Å². The van der Waals surface area contributed by atoms with Crippen molar-refractivity contribution in [1.29, 1.82) is 0 Å². The van der Waals surface area contributed by atoms with Crippen LogP contribution in [0.15, 0.2) is 41.1 Å². The van der Waals surface area contributed by atoms with E-state index in [1.807, 2.05) is 47.0 Å². The van der Waals surface area contributed by atoms with Crippen LogP contribution in [0.4, 0.5) is 0 Å². The van der Waals surface area contributed by atoms with Crippen molar-refractivity contribution in [3.63, 3.8) is 0 Å². The first-order chi connectivity index (χ1) is 10.8. The molecule has 3 aromatic rings. The van der Waals surface area contributed by atoms with Gasteiger partial charge < -0.3 is 9.47 Å². The Hall–Kier alpha value is -2.14. The molecule has 1 aliphatic heterocycles. The Morgan fingerprint density at radius 3 is 2.95 bits per heavy atom. The molecule has 5 heteroatoms. The van der Waals surface area contributed by atoms with E-state index >= 15 is 0 Å². The van der Waals surface area contributed by atoms with Crippen LogP contribution in [-0.4, -0.2) is 26.9 Å². The standard InChI is InChI=1S/C17H17N3OS/c1-19-14-6-3-2-5-13(14)18-16(19)15-7-4-9-20(15)17(21)12-8-10-22-11-12/h2-3,5-6,8,10-11,15H,4,7,9H2,1H3/t15-/m0/s1. The number of amides is 1. The van der Waals surface area contributed by atoms with Crippen molar-refractivity contribution in [2.24, 2.45) is 7.05 Å². The predicted octanol–water partition coefficient (Wildman–Crippen LogP) is 3.61. The van der Waals surface area contributed by atoms with Gasteiger partial charge in [0.1, 0.15) is 5.82 Å². The van der Waals surface area contributed by atoms with Crippen molar-refractivity contribution in [1.82, 2.24) is 14.5 Å². The summed E-state index contributed by atoms with van der Waals surface area (Å²) in [5.74, 6) is 1.11. The Morgan fingerprint density at radius 2 is 2.18 bits per heavy atom. The second kappa shape index (κ2) is 5.25. The molecular formula is C17H17N3OS. The average molecular weight is 311 g/mol. The number of nitrogens with zero attached hydrogens (tertiary/aromatic N) is 3. The lowest BCUT2D eigenvalue weighted by Gasteiger charge is -2.24. The topological polar surface area (TPSA) is 38.1 Å². The van der Waals surface area contributed by atoms with Crippen molar-refractivity contribution < 1.29 is 4.79 Å². The Labute approximate surface area is 133 Å². The lowest BCUT2D eigenvalue weighted by atomic mass is 10.2. The lowest BCUT2D eigenvalue weighted by Crippen LogP contribution is -2.31. The van der Waals surface area contributed by atoms with Gasteiger partial charge in [0.2, 0.25) is 0 Å². The van der Waals surface area contributed by atoms with E-state index < -0.39 is 0 Å². The maximum absolute atomic E-state index is 12.7. The largest absolute Gasteiger partial charge is 0.329 e. The van der Waals surface area contributed by atoms with Gasteiger partial charge in [-0.05, 0) is 36.4 Å². The van der Waals surface area contributed by atoms with Crippen LogP contribution in [0.25, 0.3) is 11.0 Å². The van der Waals surface area contributed by atoms with E-state index in [1.54, 1.807) is 11.3 Å². The SMILES string of the molecule is Cn1c([C@@H]2CCCN2C(=O)c2ccsc2)nc2ccccc21. The summed E-state index contributed by atoms with van der Waals surface area (Å²) >= 11 is 1.56. The molecule has 4 rings (SSSR count). The van der Waals surface area contributed by atoms with Crippen LogP contribution in [0.2, 0.25) is 0 Å². The molecule has 0 unspecified atom stereocenters. The lowest BCUT2D eigenvalue weighted by molar-refractivity contribution is 0.0729. The van der Waals surface area contributed by atoms with Crippen molar-refractivity contribution >= 4 is 28.3 Å². The summed E-state index contributed by atoms with van der Waals surface area (Å²) < 4.78 is 2.12. The number of aryl methyl sites for hydroxylation is 1. The van der Waals surface area contributed by atoms with Crippen LogP contribution in [0.1, 0.15) is 35.1 Å². The monoisotopic (exact) mass is 311 g/mol. The number of benzene rings is 1. The minimum Gasteiger partial charge on any atom is -0.329 e. The molecular weight excluding hydrogens is 294 g/mol.